The van der Waals surface area contributed by atoms with Crippen molar-refractivity contribution >= 4 is 17.7 Å². The minimum atomic E-state index is -4.99. The predicted octanol–water partition coefficient (Wildman–Crippen LogP) is 3.55. The van der Waals surface area contributed by atoms with E-state index in [1.165, 1.54) is 17.0 Å². The van der Waals surface area contributed by atoms with Gasteiger partial charge in [0.05, 0.1) is 13.2 Å². The van der Waals surface area contributed by atoms with Crippen LogP contribution < -0.4 is 10.6 Å². The third-order valence-electron chi connectivity index (χ3n) is 5.12. The van der Waals surface area contributed by atoms with Gasteiger partial charge < -0.3 is 19.9 Å². The summed E-state index contributed by atoms with van der Waals surface area (Å²) in [5.41, 5.74) is -3.83. The normalized spacial score (nSPS) is 19.8. The first-order valence-electron chi connectivity index (χ1n) is 9.84. The highest BCUT2D eigenvalue weighted by atomic mass is 19.4. The van der Waals surface area contributed by atoms with E-state index in [4.69, 9.17) is 4.74 Å². The number of halogens is 4. The molecule has 2 heterocycles. The predicted molar refractivity (Wildman–Crippen MR) is 104 cm³/mol. The standard InChI is InChI=1S/C21H18F4N4O3/c1-2-32-18(30)17-26-7-8-29(17)11-13-9-16-14(10-15(13)22)20(21(23,24)25,28-19(31)27-16)6-5-12-3-4-12/h7-10,12H,2-4,11H2,1H3,(H2,27,28,31)/t20-/m0/s1. The van der Waals surface area contributed by atoms with Crippen molar-refractivity contribution < 1.29 is 31.9 Å². The van der Waals surface area contributed by atoms with Crippen LogP contribution >= 0.6 is 0 Å². The van der Waals surface area contributed by atoms with Crippen LogP contribution in [0.4, 0.5) is 28.0 Å². The fraction of sp³-hybridized carbons (Fsp3) is 0.381. The molecule has 11 heteroatoms. The highest BCUT2D eigenvalue weighted by molar-refractivity contribution is 5.95. The van der Waals surface area contributed by atoms with Gasteiger partial charge in [-0.1, -0.05) is 11.8 Å². The SMILES string of the molecule is CCOC(=O)c1nccn1Cc1cc2c(cc1F)[C@@](C#CC1CC1)(C(F)(F)F)NC(=O)N2. The van der Waals surface area contributed by atoms with Crippen LogP contribution in [-0.4, -0.2) is 34.3 Å². The average Bonchev–Trinajstić information content (AvgIpc) is 3.43. The first kappa shape index (κ1) is 21.7. The number of carbonyl (C=O) groups is 2. The van der Waals surface area contributed by atoms with E-state index in [1.807, 2.05) is 5.32 Å². The number of nitrogens with one attached hydrogen (secondary N) is 2. The number of benzene rings is 1. The number of hydrogen-bond donors (Lipinski definition) is 2. The molecule has 0 unspecified atom stereocenters. The summed E-state index contributed by atoms with van der Waals surface area (Å²) in [7, 11) is 0. The summed E-state index contributed by atoms with van der Waals surface area (Å²) < 4.78 is 63.6. The van der Waals surface area contributed by atoms with Gasteiger partial charge in [-0.2, -0.15) is 13.2 Å². The van der Waals surface area contributed by atoms with Crippen LogP contribution in [0.3, 0.4) is 0 Å². The zero-order valence-corrected chi connectivity index (χ0v) is 16.8. The molecule has 0 saturated heterocycles. The molecule has 0 spiro atoms. The van der Waals surface area contributed by atoms with Crippen molar-refractivity contribution in [1.82, 2.24) is 14.9 Å². The van der Waals surface area contributed by atoms with Gasteiger partial charge >= 0.3 is 18.2 Å². The van der Waals surface area contributed by atoms with Gasteiger partial charge in [-0.25, -0.2) is 19.0 Å². The molecular weight excluding hydrogens is 432 g/mol. The van der Waals surface area contributed by atoms with Crippen molar-refractivity contribution in [3.05, 3.63) is 47.3 Å². The van der Waals surface area contributed by atoms with Gasteiger partial charge in [0.25, 0.3) is 0 Å². The van der Waals surface area contributed by atoms with E-state index in [1.54, 1.807) is 6.92 Å². The maximum Gasteiger partial charge on any atom is 0.427 e. The molecule has 0 radical (unpaired) electrons. The van der Waals surface area contributed by atoms with Crippen LogP contribution in [-0.2, 0) is 16.8 Å². The second-order valence-electron chi connectivity index (χ2n) is 7.46. The van der Waals surface area contributed by atoms with Crippen LogP contribution in [0.5, 0.6) is 0 Å². The summed E-state index contributed by atoms with van der Waals surface area (Å²) in [5.74, 6) is 2.77. The number of fused-ring (bicyclic) bond motifs is 1. The Morgan fingerprint density at radius 3 is 2.78 bits per heavy atom. The molecule has 2 aliphatic rings. The number of ether oxygens (including phenoxy) is 1. The number of alkyl halides is 3. The summed E-state index contributed by atoms with van der Waals surface area (Å²) in [5, 5.41) is 4.14. The third kappa shape index (κ3) is 3.88. The molecule has 2 aromatic rings. The molecule has 7 nitrogen and oxygen atoms in total. The highest BCUT2D eigenvalue weighted by Crippen LogP contribution is 2.45. The van der Waals surface area contributed by atoms with Crippen molar-refractivity contribution in [3.63, 3.8) is 0 Å². The minimum absolute atomic E-state index is 0.0549. The zero-order chi connectivity index (χ0) is 23.1. The molecule has 2 N–H and O–H groups in total. The molecule has 1 aliphatic heterocycles. The van der Waals surface area contributed by atoms with Crippen LogP contribution in [0.1, 0.15) is 41.5 Å². The van der Waals surface area contributed by atoms with Crippen LogP contribution in [0.15, 0.2) is 24.5 Å². The summed E-state index contributed by atoms with van der Waals surface area (Å²) >= 11 is 0. The molecule has 1 aromatic heterocycles. The molecule has 1 aliphatic carbocycles. The average molecular weight is 450 g/mol. The third-order valence-corrected chi connectivity index (χ3v) is 5.12. The maximum absolute atomic E-state index is 15.0. The molecule has 1 atom stereocenters. The van der Waals surface area contributed by atoms with Crippen molar-refractivity contribution in [2.75, 3.05) is 11.9 Å². The van der Waals surface area contributed by atoms with Gasteiger partial charge in [-0.15, -0.1) is 0 Å². The van der Waals surface area contributed by atoms with Crippen LogP contribution in [0.25, 0.3) is 0 Å². The van der Waals surface area contributed by atoms with E-state index in [2.05, 4.69) is 22.1 Å². The molecule has 1 aromatic carbocycles. The van der Waals surface area contributed by atoms with Gasteiger partial charge in [0.15, 0.2) is 0 Å². The van der Waals surface area contributed by atoms with E-state index in [-0.39, 0.29) is 36.1 Å². The smallest absolute Gasteiger partial charge is 0.427 e. The van der Waals surface area contributed by atoms with E-state index >= 15 is 0 Å². The first-order valence-corrected chi connectivity index (χ1v) is 9.84. The van der Waals surface area contributed by atoms with Crippen molar-refractivity contribution in [1.29, 1.82) is 0 Å². The lowest BCUT2D eigenvalue weighted by molar-refractivity contribution is -0.178. The summed E-state index contributed by atoms with van der Waals surface area (Å²) in [6, 6.07) is 0.720. The molecule has 1 fully saturated rings. The van der Waals surface area contributed by atoms with Crippen LogP contribution in [0, 0.1) is 23.6 Å². The van der Waals surface area contributed by atoms with E-state index in [0.29, 0.717) is 18.9 Å². The molecule has 0 bridgehead atoms. The van der Waals surface area contributed by atoms with Gasteiger partial charge in [0.1, 0.15) is 5.82 Å². The Hall–Kier alpha value is -3.55. The lowest BCUT2D eigenvalue weighted by atomic mass is 9.85. The van der Waals surface area contributed by atoms with Gasteiger partial charge in [-0.3, -0.25) is 0 Å². The van der Waals surface area contributed by atoms with E-state index < -0.39 is 35.1 Å². The van der Waals surface area contributed by atoms with Crippen molar-refractivity contribution in [2.24, 2.45) is 5.92 Å². The molecule has 32 heavy (non-hydrogen) atoms. The summed E-state index contributed by atoms with van der Waals surface area (Å²) in [6.45, 7) is 1.51. The lowest BCUT2D eigenvalue weighted by Gasteiger charge is -2.37. The van der Waals surface area contributed by atoms with E-state index in [9.17, 15) is 27.2 Å². The number of anilines is 1. The van der Waals surface area contributed by atoms with Gasteiger partial charge in [0.2, 0.25) is 11.4 Å². The monoisotopic (exact) mass is 450 g/mol. The van der Waals surface area contributed by atoms with Gasteiger partial charge in [0, 0.05) is 35.1 Å². The second kappa shape index (κ2) is 7.85. The highest BCUT2D eigenvalue weighted by Gasteiger charge is 2.59. The first-order chi connectivity index (χ1) is 15.1. The number of nitrogens with zero attached hydrogens (tertiary/aromatic N) is 2. The Kier molecular flexibility index (Phi) is 5.32. The Labute approximate surface area is 180 Å². The largest absolute Gasteiger partial charge is 0.460 e. The number of amides is 2. The molecule has 2 amide bonds. The number of urea groups is 1. The van der Waals surface area contributed by atoms with Crippen LogP contribution in [0.2, 0.25) is 0 Å². The molecule has 4 rings (SSSR count). The molecule has 1 saturated carbocycles. The minimum Gasteiger partial charge on any atom is -0.460 e. The summed E-state index contributed by atoms with van der Waals surface area (Å²) in [4.78, 5) is 28.0. The summed E-state index contributed by atoms with van der Waals surface area (Å²) in [6.07, 6.45) is -0.901. The lowest BCUT2D eigenvalue weighted by Crippen LogP contribution is -2.59. The fourth-order valence-corrected chi connectivity index (χ4v) is 3.38. The number of rotatable bonds is 4. The molecule has 168 valence electrons. The van der Waals surface area contributed by atoms with Crippen molar-refractivity contribution in [3.8, 4) is 11.8 Å². The topological polar surface area (TPSA) is 85.2 Å². The maximum atomic E-state index is 15.0. The van der Waals surface area contributed by atoms with Crippen molar-refractivity contribution in [2.45, 2.75) is 38.0 Å². The second-order valence-corrected chi connectivity index (χ2v) is 7.46. The quantitative estimate of drug-likeness (QED) is 0.424. The zero-order valence-electron chi connectivity index (χ0n) is 16.8. The Morgan fingerprint density at radius 1 is 1.38 bits per heavy atom. The number of imidazole rings is 1. The number of esters is 1. The Bertz CT molecular complexity index is 1140. The number of carbonyl (C=O) groups excluding carboxylic acids is 2. The number of aromatic nitrogens is 2. The van der Waals surface area contributed by atoms with Gasteiger partial charge in [-0.05, 0) is 31.9 Å². The Balaban J connectivity index is 1.77. The molecular formula is C21H18F4N4O3. The number of hydrogen-bond acceptors (Lipinski definition) is 4. The van der Waals surface area contributed by atoms with E-state index in [0.717, 1.165) is 6.07 Å². The Morgan fingerprint density at radius 2 is 2.12 bits per heavy atom. The fourth-order valence-electron chi connectivity index (χ4n) is 3.38.